The molecule has 1 fully saturated rings. The highest BCUT2D eigenvalue weighted by Crippen LogP contribution is 2.38. The fourth-order valence-corrected chi connectivity index (χ4v) is 5.41. The van der Waals surface area contributed by atoms with Gasteiger partial charge in [-0.25, -0.2) is 0 Å². The van der Waals surface area contributed by atoms with Gasteiger partial charge >= 0.3 is 0 Å². The van der Waals surface area contributed by atoms with Gasteiger partial charge in [-0.3, -0.25) is 4.79 Å². The van der Waals surface area contributed by atoms with Crippen molar-refractivity contribution in [1.29, 1.82) is 0 Å². The smallest absolute Gasteiger partial charge is 0.222 e. The molecule has 0 N–H and O–H groups in total. The summed E-state index contributed by atoms with van der Waals surface area (Å²) in [5.41, 5.74) is 0.637. The Labute approximate surface area is 121 Å². The zero-order valence-corrected chi connectivity index (χ0v) is 12.6. The van der Waals surface area contributed by atoms with Crippen molar-refractivity contribution in [3.8, 4) is 17.2 Å². The fourth-order valence-electron chi connectivity index (χ4n) is 2.80. The third kappa shape index (κ3) is 2.24. The normalized spacial score (nSPS) is 22.3. The topological polar surface area (TPSA) is 44.8 Å². The molecule has 1 aromatic carbocycles. The second-order valence-corrected chi connectivity index (χ2v) is 7.48. The molecule has 0 amide bonds. The molecule has 0 saturated carbocycles. The van der Waals surface area contributed by atoms with Crippen LogP contribution in [0.5, 0.6) is 17.2 Å². The van der Waals surface area contributed by atoms with Crippen LogP contribution in [-0.2, 0) is 10.9 Å². The number of carbonyl (C=O) groups is 1. The van der Waals surface area contributed by atoms with E-state index < -0.39 is 0 Å². The average Bonchev–Trinajstić information content (AvgIpc) is 3.00. The van der Waals surface area contributed by atoms with Crippen LogP contribution in [0, 0.1) is 0 Å². The summed E-state index contributed by atoms with van der Waals surface area (Å²) in [5.74, 6) is 4.34. The van der Waals surface area contributed by atoms with Crippen LogP contribution < -0.4 is 14.2 Å². The number of Topliss-reactive ketones (excluding diaryl/α,β-unsaturated/α-hetero) is 1. The second kappa shape index (κ2) is 5.56. The Balaban J connectivity index is 1.94. The van der Waals surface area contributed by atoms with Crippen LogP contribution >= 0.6 is 0 Å². The first-order valence-electron chi connectivity index (χ1n) is 6.84. The molecule has 2 aliphatic heterocycles. The van der Waals surface area contributed by atoms with Crippen LogP contribution in [0.25, 0.3) is 0 Å². The van der Waals surface area contributed by atoms with E-state index in [1.165, 1.54) is 24.3 Å². The standard InChI is InChI=1S/C15H19O4S/c1-17-12-7-10-11(8-13(12)18-2)19-9-14(15(10)16)20-5-3-4-6-20/h7-8,14H,3-6,9H2,1-2H3/q+1. The Morgan fingerprint density at radius 3 is 2.45 bits per heavy atom. The quantitative estimate of drug-likeness (QED) is 0.801. The first-order valence-corrected chi connectivity index (χ1v) is 8.46. The van der Waals surface area contributed by atoms with Crippen LogP contribution in [0.2, 0.25) is 0 Å². The molecule has 0 aromatic heterocycles. The van der Waals surface area contributed by atoms with Gasteiger partial charge in [-0.2, -0.15) is 0 Å². The maximum atomic E-state index is 12.7. The van der Waals surface area contributed by atoms with Crippen molar-refractivity contribution in [3.05, 3.63) is 17.7 Å². The van der Waals surface area contributed by atoms with Crippen LogP contribution in [-0.4, -0.2) is 43.4 Å². The third-order valence-electron chi connectivity index (χ3n) is 3.90. The van der Waals surface area contributed by atoms with Crippen molar-refractivity contribution in [2.24, 2.45) is 0 Å². The van der Waals surface area contributed by atoms with E-state index in [0.29, 0.717) is 29.4 Å². The van der Waals surface area contributed by atoms with Crippen LogP contribution in [0.4, 0.5) is 0 Å². The monoisotopic (exact) mass is 295 g/mol. The van der Waals surface area contributed by atoms with Gasteiger partial charge in [0.1, 0.15) is 23.9 Å². The van der Waals surface area contributed by atoms with E-state index in [1.54, 1.807) is 26.4 Å². The molecule has 0 aliphatic carbocycles. The molecule has 108 valence electrons. The molecule has 1 saturated heterocycles. The summed E-state index contributed by atoms with van der Waals surface area (Å²) in [7, 11) is 3.35. The number of rotatable bonds is 3. The summed E-state index contributed by atoms with van der Waals surface area (Å²) in [6.07, 6.45) is 2.48. The van der Waals surface area contributed by atoms with Crippen molar-refractivity contribution in [3.63, 3.8) is 0 Å². The summed E-state index contributed by atoms with van der Waals surface area (Å²) in [6, 6.07) is 3.50. The summed E-state index contributed by atoms with van der Waals surface area (Å²) in [4.78, 5) is 12.7. The first kappa shape index (κ1) is 13.6. The van der Waals surface area contributed by atoms with E-state index >= 15 is 0 Å². The van der Waals surface area contributed by atoms with Gasteiger partial charge in [-0.1, -0.05) is 0 Å². The number of ketones is 1. The van der Waals surface area contributed by atoms with Crippen LogP contribution in [0.3, 0.4) is 0 Å². The molecule has 2 aliphatic rings. The van der Waals surface area contributed by atoms with Gasteiger partial charge in [-0.15, -0.1) is 0 Å². The van der Waals surface area contributed by atoms with E-state index in [0.717, 1.165) is 0 Å². The minimum absolute atomic E-state index is 0.0306. The lowest BCUT2D eigenvalue weighted by Crippen LogP contribution is -2.40. The number of benzene rings is 1. The zero-order chi connectivity index (χ0) is 14.1. The largest absolute Gasteiger partial charge is 0.493 e. The van der Waals surface area contributed by atoms with Gasteiger partial charge in [0.25, 0.3) is 0 Å². The van der Waals surface area contributed by atoms with E-state index in [1.807, 2.05) is 0 Å². The van der Waals surface area contributed by atoms with Crippen LogP contribution in [0.1, 0.15) is 23.2 Å². The Hall–Kier alpha value is -1.36. The number of fused-ring (bicyclic) bond motifs is 1. The van der Waals surface area contributed by atoms with Gasteiger partial charge in [-0.05, 0) is 18.9 Å². The number of hydrogen-bond donors (Lipinski definition) is 0. The molecular formula is C15H19O4S+. The molecule has 4 nitrogen and oxygen atoms in total. The van der Waals surface area contributed by atoms with Crippen LogP contribution in [0.15, 0.2) is 12.1 Å². The van der Waals surface area contributed by atoms with Crippen molar-refractivity contribution < 1.29 is 19.0 Å². The fraction of sp³-hybridized carbons (Fsp3) is 0.533. The predicted molar refractivity (Wildman–Crippen MR) is 79.5 cm³/mol. The minimum Gasteiger partial charge on any atom is -0.493 e. The molecule has 2 heterocycles. The van der Waals surface area contributed by atoms with Crippen molar-refractivity contribution >= 4 is 16.7 Å². The molecule has 1 unspecified atom stereocenters. The maximum absolute atomic E-state index is 12.7. The van der Waals surface area contributed by atoms with Crippen molar-refractivity contribution in [2.75, 3.05) is 32.3 Å². The SMILES string of the molecule is COc1cc2c(cc1OC)C(=O)C([S+]1CCCC1)CO2. The lowest BCUT2D eigenvalue weighted by Gasteiger charge is -2.24. The lowest BCUT2D eigenvalue weighted by molar-refractivity contribution is 0.0941. The summed E-state index contributed by atoms with van der Waals surface area (Å²) in [6.45, 7) is 0.504. The second-order valence-electron chi connectivity index (χ2n) is 5.02. The van der Waals surface area contributed by atoms with Crippen molar-refractivity contribution in [2.45, 2.75) is 18.1 Å². The van der Waals surface area contributed by atoms with Gasteiger partial charge < -0.3 is 14.2 Å². The van der Waals surface area contributed by atoms with E-state index in [9.17, 15) is 4.79 Å². The van der Waals surface area contributed by atoms with E-state index in [-0.39, 0.29) is 21.9 Å². The summed E-state index contributed by atoms with van der Waals surface area (Å²) in [5, 5.41) is 0.0306. The highest BCUT2D eigenvalue weighted by molar-refractivity contribution is 7.98. The highest BCUT2D eigenvalue weighted by Gasteiger charge is 2.43. The number of ether oxygens (including phenoxy) is 3. The summed E-state index contributed by atoms with van der Waals surface area (Å²) < 4.78 is 16.3. The summed E-state index contributed by atoms with van der Waals surface area (Å²) >= 11 is 0. The Morgan fingerprint density at radius 1 is 1.15 bits per heavy atom. The molecule has 0 spiro atoms. The maximum Gasteiger partial charge on any atom is 0.222 e. The predicted octanol–water partition coefficient (Wildman–Crippen LogP) is 2.06. The van der Waals surface area contributed by atoms with Gasteiger partial charge in [0.05, 0.1) is 19.8 Å². The molecule has 1 aromatic rings. The van der Waals surface area contributed by atoms with E-state index in [4.69, 9.17) is 14.2 Å². The highest BCUT2D eigenvalue weighted by atomic mass is 32.2. The number of carbonyl (C=O) groups excluding carboxylic acids is 1. The Bertz CT molecular complexity index is 523. The molecule has 0 radical (unpaired) electrons. The molecular weight excluding hydrogens is 276 g/mol. The van der Waals surface area contributed by atoms with Crippen molar-refractivity contribution in [1.82, 2.24) is 0 Å². The molecule has 0 bridgehead atoms. The number of methoxy groups -OCH3 is 2. The first-order chi connectivity index (χ1) is 9.74. The molecule has 20 heavy (non-hydrogen) atoms. The Morgan fingerprint density at radius 2 is 1.80 bits per heavy atom. The van der Waals surface area contributed by atoms with Gasteiger partial charge in [0.15, 0.2) is 11.5 Å². The van der Waals surface area contributed by atoms with Gasteiger partial charge in [0.2, 0.25) is 11.0 Å². The lowest BCUT2D eigenvalue weighted by atomic mass is 10.0. The van der Waals surface area contributed by atoms with E-state index in [2.05, 4.69) is 0 Å². The zero-order valence-electron chi connectivity index (χ0n) is 11.8. The third-order valence-corrected chi connectivity index (χ3v) is 6.68. The molecule has 3 rings (SSSR count). The minimum atomic E-state index is 0.0306. The Kier molecular flexibility index (Phi) is 3.78. The number of hydrogen-bond acceptors (Lipinski definition) is 4. The van der Waals surface area contributed by atoms with Gasteiger partial charge in [0, 0.05) is 17.0 Å². The molecule has 5 heteroatoms. The molecule has 1 atom stereocenters. The average molecular weight is 295 g/mol.